The summed E-state index contributed by atoms with van der Waals surface area (Å²) in [6.07, 6.45) is 7.09. The van der Waals surface area contributed by atoms with E-state index in [-0.39, 0.29) is 33.8 Å². The first-order valence-corrected chi connectivity index (χ1v) is 10.8. The van der Waals surface area contributed by atoms with E-state index in [9.17, 15) is 4.79 Å². The third kappa shape index (κ3) is 3.14. The molecule has 11 nitrogen and oxygen atoms in total. The molecule has 4 aromatic heterocycles. The van der Waals surface area contributed by atoms with Crippen LogP contribution in [0.4, 0.5) is 4.39 Å². The van der Waals surface area contributed by atoms with Crippen LogP contribution in [0, 0.1) is 5.82 Å². The van der Waals surface area contributed by atoms with Gasteiger partial charge in [0.15, 0.2) is 5.82 Å². The normalized spacial score (nSPS) is 17.3. The monoisotopic (exact) mass is 478 g/mol. The van der Waals surface area contributed by atoms with Gasteiger partial charge >= 0.3 is 0 Å². The molecule has 0 spiro atoms. The number of H-pyrrole nitrogens is 2. The van der Waals surface area contributed by atoms with Crippen molar-refractivity contribution in [1.29, 1.82) is 0 Å². The minimum absolute atomic E-state index is 0.0520. The Kier molecular flexibility index (Phi) is 4.62. The molecular weight excluding hydrogens is 463 g/mol. The van der Waals surface area contributed by atoms with Crippen LogP contribution >= 0.6 is 11.6 Å². The fraction of sp³-hybridized carbons (Fsp3) is 0.190. The van der Waals surface area contributed by atoms with E-state index >= 15 is 4.39 Å². The van der Waals surface area contributed by atoms with Gasteiger partial charge in [-0.3, -0.25) is 14.5 Å². The molecule has 0 saturated heterocycles. The molecule has 1 aromatic carbocycles. The first-order valence-electron chi connectivity index (χ1n) is 10.4. The molecule has 0 aliphatic carbocycles. The Morgan fingerprint density at radius 2 is 2.15 bits per heavy atom. The van der Waals surface area contributed by atoms with Gasteiger partial charge in [0.1, 0.15) is 18.0 Å². The van der Waals surface area contributed by atoms with Crippen LogP contribution in [-0.2, 0) is 0 Å². The van der Waals surface area contributed by atoms with E-state index in [2.05, 4.69) is 35.7 Å². The van der Waals surface area contributed by atoms with E-state index in [0.29, 0.717) is 23.8 Å². The zero-order valence-corrected chi connectivity index (χ0v) is 18.4. The standard InChI is InChI=1S/C21H16ClFN10O/c1-10-4-16(20-24-8-14(28-20)11-6-25-26-7-11)33-17(34)5-13(29-21(10)33)18-15(32-9-27-30-31-32)3-2-12(22)19(18)23/h2-3,5-10,16H,4H2,1H3,(H,24,28)(H,25,26). The lowest BCUT2D eigenvalue weighted by molar-refractivity contribution is 0.555. The average molecular weight is 479 g/mol. The molecular formula is C21H16ClFN10O. The molecule has 2 N–H and O–H groups in total. The molecule has 0 saturated carbocycles. The summed E-state index contributed by atoms with van der Waals surface area (Å²) >= 11 is 6.06. The van der Waals surface area contributed by atoms with Crippen LogP contribution in [0.2, 0.25) is 5.02 Å². The third-order valence-corrected chi connectivity index (χ3v) is 6.25. The summed E-state index contributed by atoms with van der Waals surface area (Å²) in [5, 5.41) is 17.7. The Bertz CT molecular complexity index is 1560. The van der Waals surface area contributed by atoms with Crippen molar-refractivity contribution >= 4 is 11.6 Å². The van der Waals surface area contributed by atoms with Gasteiger partial charge < -0.3 is 4.98 Å². The number of nitrogens with one attached hydrogen (secondary N) is 2. The number of aromatic amines is 2. The molecule has 1 aliphatic rings. The smallest absolute Gasteiger partial charge is 0.254 e. The highest BCUT2D eigenvalue weighted by Gasteiger charge is 2.34. The summed E-state index contributed by atoms with van der Waals surface area (Å²) in [4.78, 5) is 25.8. The predicted octanol–water partition coefficient (Wildman–Crippen LogP) is 2.89. The van der Waals surface area contributed by atoms with Crippen LogP contribution in [0.15, 0.2) is 47.9 Å². The van der Waals surface area contributed by atoms with Gasteiger partial charge in [-0.2, -0.15) is 9.78 Å². The molecule has 2 atom stereocenters. The number of halogens is 2. The fourth-order valence-corrected chi connectivity index (χ4v) is 4.53. The number of fused-ring (bicyclic) bond motifs is 1. The average Bonchev–Trinajstić information content (AvgIpc) is 3.62. The van der Waals surface area contributed by atoms with E-state index in [4.69, 9.17) is 16.6 Å². The van der Waals surface area contributed by atoms with Gasteiger partial charge in [-0.25, -0.2) is 14.4 Å². The van der Waals surface area contributed by atoms with Crippen molar-refractivity contribution in [2.75, 3.05) is 0 Å². The molecule has 13 heteroatoms. The second-order valence-corrected chi connectivity index (χ2v) is 8.45. The topological polar surface area (TPSA) is 136 Å². The Hall–Kier alpha value is -4.19. The van der Waals surface area contributed by atoms with E-state index in [0.717, 1.165) is 11.3 Å². The minimum Gasteiger partial charge on any atom is -0.340 e. The Labute approximate surface area is 195 Å². The number of hydrogen-bond acceptors (Lipinski definition) is 7. The zero-order chi connectivity index (χ0) is 23.4. The van der Waals surface area contributed by atoms with E-state index < -0.39 is 5.82 Å². The fourth-order valence-electron chi connectivity index (χ4n) is 4.38. The summed E-state index contributed by atoms with van der Waals surface area (Å²) in [7, 11) is 0. The summed E-state index contributed by atoms with van der Waals surface area (Å²) in [6.45, 7) is 1.97. The molecule has 0 radical (unpaired) electrons. The molecule has 2 unspecified atom stereocenters. The summed E-state index contributed by atoms with van der Waals surface area (Å²) < 4.78 is 18.1. The quantitative estimate of drug-likeness (QED) is 0.405. The SMILES string of the molecule is CC1CC(c2ncc(-c3cn[nH]c3)[nH]2)n2c1nc(-c1c(-n3cnnn3)ccc(Cl)c1F)cc2=O. The number of imidazole rings is 1. The van der Waals surface area contributed by atoms with Crippen molar-refractivity contribution < 1.29 is 4.39 Å². The van der Waals surface area contributed by atoms with E-state index in [1.165, 1.54) is 23.1 Å². The van der Waals surface area contributed by atoms with Gasteiger partial charge in [0.2, 0.25) is 0 Å². The minimum atomic E-state index is -0.704. The Morgan fingerprint density at radius 1 is 1.26 bits per heavy atom. The Morgan fingerprint density at radius 3 is 2.91 bits per heavy atom. The number of rotatable bonds is 4. The Balaban J connectivity index is 1.47. The van der Waals surface area contributed by atoms with Crippen LogP contribution in [0.5, 0.6) is 0 Å². The summed E-state index contributed by atoms with van der Waals surface area (Å²) in [6, 6.07) is 3.96. The highest BCUT2D eigenvalue weighted by molar-refractivity contribution is 6.31. The van der Waals surface area contributed by atoms with E-state index in [1.807, 2.05) is 6.92 Å². The summed E-state index contributed by atoms with van der Waals surface area (Å²) in [5.74, 6) is 0.404. The largest absolute Gasteiger partial charge is 0.340 e. The van der Waals surface area contributed by atoms with Gasteiger partial charge in [0.05, 0.1) is 46.1 Å². The second-order valence-electron chi connectivity index (χ2n) is 8.04. The van der Waals surface area contributed by atoms with Crippen LogP contribution < -0.4 is 5.56 Å². The number of aromatic nitrogens is 10. The number of benzene rings is 1. The van der Waals surface area contributed by atoms with Crippen molar-refractivity contribution in [1.82, 2.24) is 49.9 Å². The zero-order valence-electron chi connectivity index (χ0n) is 17.6. The molecule has 5 heterocycles. The maximum absolute atomic E-state index is 15.2. The lowest BCUT2D eigenvalue weighted by atomic mass is 10.1. The van der Waals surface area contributed by atoms with Crippen LogP contribution in [-0.4, -0.2) is 49.9 Å². The van der Waals surface area contributed by atoms with Crippen molar-refractivity contribution in [3.05, 3.63) is 76.0 Å². The van der Waals surface area contributed by atoms with Crippen LogP contribution in [0.3, 0.4) is 0 Å². The van der Waals surface area contributed by atoms with Gasteiger partial charge in [-0.1, -0.05) is 18.5 Å². The lowest BCUT2D eigenvalue weighted by Crippen LogP contribution is -2.25. The van der Waals surface area contributed by atoms with Crippen LogP contribution in [0.25, 0.3) is 28.2 Å². The maximum atomic E-state index is 15.2. The van der Waals surface area contributed by atoms with Crippen molar-refractivity contribution in [2.45, 2.75) is 25.3 Å². The van der Waals surface area contributed by atoms with Crippen molar-refractivity contribution in [2.24, 2.45) is 0 Å². The van der Waals surface area contributed by atoms with Crippen molar-refractivity contribution in [3.63, 3.8) is 0 Å². The number of tetrazole rings is 1. The number of nitrogens with zero attached hydrogens (tertiary/aromatic N) is 8. The van der Waals surface area contributed by atoms with Gasteiger partial charge in [-0.15, -0.1) is 5.10 Å². The molecule has 1 aliphatic heterocycles. The molecule has 6 rings (SSSR count). The lowest BCUT2D eigenvalue weighted by Gasteiger charge is -2.15. The third-order valence-electron chi connectivity index (χ3n) is 5.95. The van der Waals surface area contributed by atoms with Gasteiger partial charge in [0, 0.05) is 23.7 Å². The summed E-state index contributed by atoms with van der Waals surface area (Å²) in [5.41, 5.74) is 1.86. The van der Waals surface area contributed by atoms with E-state index in [1.54, 1.807) is 29.2 Å². The van der Waals surface area contributed by atoms with Gasteiger partial charge in [0.25, 0.3) is 5.56 Å². The maximum Gasteiger partial charge on any atom is 0.254 e. The highest BCUT2D eigenvalue weighted by atomic mass is 35.5. The molecule has 0 fully saturated rings. The molecule has 0 bridgehead atoms. The molecule has 34 heavy (non-hydrogen) atoms. The second kappa shape index (κ2) is 7.70. The number of hydrogen-bond donors (Lipinski definition) is 2. The van der Waals surface area contributed by atoms with Crippen LogP contribution in [0.1, 0.15) is 37.0 Å². The first kappa shape index (κ1) is 20.4. The first-order chi connectivity index (χ1) is 16.5. The van der Waals surface area contributed by atoms with Gasteiger partial charge in [-0.05, 0) is 29.0 Å². The van der Waals surface area contributed by atoms with Crippen molar-refractivity contribution in [3.8, 4) is 28.2 Å². The molecule has 5 aromatic rings. The highest BCUT2D eigenvalue weighted by Crippen LogP contribution is 2.39. The predicted molar refractivity (Wildman–Crippen MR) is 119 cm³/mol. The molecule has 170 valence electrons. The molecule has 0 amide bonds.